The average molecular weight is 348 g/mol. The lowest BCUT2D eigenvalue weighted by Gasteiger charge is -2.13. The molecule has 4 aromatic rings. The molecule has 130 valence electrons. The third-order valence-corrected chi connectivity index (χ3v) is 4.27. The van der Waals surface area contributed by atoms with E-state index >= 15 is 0 Å². The van der Waals surface area contributed by atoms with E-state index in [0.29, 0.717) is 17.1 Å². The maximum atomic E-state index is 13.3. The van der Waals surface area contributed by atoms with Crippen molar-refractivity contribution in [3.63, 3.8) is 0 Å². The van der Waals surface area contributed by atoms with Crippen LogP contribution >= 0.6 is 0 Å². The molecule has 0 radical (unpaired) electrons. The third-order valence-electron chi connectivity index (χ3n) is 4.27. The molecule has 0 aliphatic heterocycles. The molecular formula is C19H17FN6. The first kappa shape index (κ1) is 16.2. The van der Waals surface area contributed by atoms with Gasteiger partial charge in [-0.3, -0.25) is 0 Å². The number of benzene rings is 1. The number of anilines is 1. The van der Waals surface area contributed by atoms with Gasteiger partial charge in [-0.2, -0.15) is 0 Å². The molecule has 0 aliphatic carbocycles. The van der Waals surface area contributed by atoms with Gasteiger partial charge in [0.05, 0.1) is 17.1 Å². The highest BCUT2D eigenvalue weighted by Crippen LogP contribution is 2.31. The van der Waals surface area contributed by atoms with E-state index in [1.807, 2.05) is 29.7 Å². The maximum Gasteiger partial charge on any atom is 0.147 e. The van der Waals surface area contributed by atoms with Crippen LogP contribution in [0.25, 0.3) is 28.2 Å². The normalized spacial score (nSPS) is 11.2. The fourth-order valence-electron chi connectivity index (χ4n) is 2.89. The van der Waals surface area contributed by atoms with Crippen molar-refractivity contribution in [1.82, 2.24) is 19.4 Å². The molecule has 0 saturated carbocycles. The Bertz CT molecular complexity index is 1100. The summed E-state index contributed by atoms with van der Waals surface area (Å²) in [4.78, 5) is 13.5. The number of imidazole rings is 1. The average Bonchev–Trinajstić information content (AvgIpc) is 3.02. The number of nitrogens with zero attached hydrogens (tertiary/aromatic N) is 4. The number of fused-ring (bicyclic) bond motifs is 1. The Morgan fingerprint density at radius 2 is 1.69 bits per heavy atom. The Morgan fingerprint density at radius 3 is 2.42 bits per heavy atom. The van der Waals surface area contributed by atoms with E-state index in [4.69, 9.17) is 11.5 Å². The van der Waals surface area contributed by atoms with E-state index in [0.717, 1.165) is 22.5 Å². The second-order valence-corrected chi connectivity index (χ2v) is 6.01. The molecule has 0 saturated heterocycles. The van der Waals surface area contributed by atoms with E-state index in [2.05, 4.69) is 15.0 Å². The second kappa shape index (κ2) is 6.20. The molecule has 3 heterocycles. The van der Waals surface area contributed by atoms with E-state index in [9.17, 15) is 4.39 Å². The summed E-state index contributed by atoms with van der Waals surface area (Å²) in [7, 11) is 0. The first-order chi connectivity index (χ1) is 12.6. The van der Waals surface area contributed by atoms with Crippen molar-refractivity contribution in [2.24, 2.45) is 5.73 Å². The lowest BCUT2D eigenvalue weighted by Crippen LogP contribution is -2.09. The molecule has 4 rings (SSSR count). The molecule has 3 aromatic heterocycles. The quantitative estimate of drug-likeness (QED) is 0.593. The first-order valence-corrected chi connectivity index (χ1v) is 8.13. The van der Waals surface area contributed by atoms with Crippen LogP contribution in [0.15, 0.2) is 48.8 Å². The van der Waals surface area contributed by atoms with Crippen molar-refractivity contribution in [1.29, 1.82) is 0 Å². The largest absolute Gasteiger partial charge is 0.382 e. The summed E-state index contributed by atoms with van der Waals surface area (Å²) < 4.78 is 15.3. The number of rotatable bonds is 3. The standard InChI is InChI=1S/C19H17FN6/c1-11-9-23-16-7-4-13(10-26(11)16)18-17(12-2-5-14(20)6-3-12)25-19(22)15(8-21)24-18/h2-7,9-10H,8,21H2,1H3,(H2,22,25). The van der Waals surface area contributed by atoms with Gasteiger partial charge in [-0.15, -0.1) is 0 Å². The minimum Gasteiger partial charge on any atom is -0.382 e. The van der Waals surface area contributed by atoms with Crippen LogP contribution in [0.3, 0.4) is 0 Å². The van der Waals surface area contributed by atoms with Crippen molar-refractivity contribution in [2.75, 3.05) is 5.73 Å². The molecular weight excluding hydrogens is 331 g/mol. The molecule has 0 spiro atoms. The zero-order valence-electron chi connectivity index (χ0n) is 14.1. The van der Waals surface area contributed by atoms with Gasteiger partial charge in [-0.05, 0) is 43.3 Å². The van der Waals surface area contributed by atoms with Crippen LogP contribution < -0.4 is 11.5 Å². The summed E-state index contributed by atoms with van der Waals surface area (Å²) in [6.45, 7) is 2.16. The van der Waals surface area contributed by atoms with E-state index < -0.39 is 0 Å². The summed E-state index contributed by atoms with van der Waals surface area (Å²) in [6.07, 6.45) is 3.76. The molecule has 0 bridgehead atoms. The van der Waals surface area contributed by atoms with Crippen LogP contribution in [-0.2, 0) is 6.54 Å². The monoisotopic (exact) mass is 348 g/mol. The molecule has 0 aliphatic rings. The number of pyridine rings is 1. The van der Waals surface area contributed by atoms with Gasteiger partial charge in [0, 0.05) is 35.8 Å². The third kappa shape index (κ3) is 2.68. The predicted molar refractivity (Wildman–Crippen MR) is 98.7 cm³/mol. The van der Waals surface area contributed by atoms with E-state index in [1.165, 1.54) is 12.1 Å². The van der Waals surface area contributed by atoms with Gasteiger partial charge in [0.15, 0.2) is 0 Å². The molecule has 4 N–H and O–H groups in total. The number of nitrogens with two attached hydrogens (primary N) is 2. The van der Waals surface area contributed by atoms with Crippen molar-refractivity contribution in [3.8, 4) is 22.5 Å². The highest BCUT2D eigenvalue weighted by atomic mass is 19.1. The topological polar surface area (TPSA) is 95.1 Å². The van der Waals surface area contributed by atoms with Gasteiger partial charge in [0.25, 0.3) is 0 Å². The van der Waals surface area contributed by atoms with Crippen molar-refractivity contribution in [2.45, 2.75) is 13.5 Å². The minimum atomic E-state index is -0.315. The van der Waals surface area contributed by atoms with Crippen LogP contribution in [0.2, 0.25) is 0 Å². The van der Waals surface area contributed by atoms with Crippen LogP contribution in [0.1, 0.15) is 11.4 Å². The van der Waals surface area contributed by atoms with Gasteiger partial charge in [0.1, 0.15) is 17.3 Å². The number of hydrogen-bond acceptors (Lipinski definition) is 5. The van der Waals surface area contributed by atoms with Crippen molar-refractivity contribution < 1.29 is 4.39 Å². The predicted octanol–water partition coefficient (Wildman–Crippen LogP) is 2.95. The fraction of sp³-hybridized carbons (Fsp3) is 0.105. The van der Waals surface area contributed by atoms with Gasteiger partial charge in [-0.1, -0.05) is 0 Å². The smallest absolute Gasteiger partial charge is 0.147 e. The summed E-state index contributed by atoms with van der Waals surface area (Å²) >= 11 is 0. The lowest BCUT2D eigenvalue weighted by atomic mass is 10.0. The Morgan fingerprint density at radius 1 is 1.00 bits per heavy atom. The van der Waals surface area contributed by atoms with Crippen molar-refractivity contribution >= 4 is 11.5 Å². The Kier molecular flexibility index (Phi) is 3.85. The SMILES string of the molecule is Cc1cnc2ccc(-c3nc(CN)c(N)nc3-c3ccc(F)cc3)cn12. The fourth-order valence-corrected chi connectivity index (χ4v) is 2.89. The summed E-state index contributed by atoms with van der Waals surface area (Å²) in [5, 5.41) is 0. The number of aryl methyl sites for hydroxylation is 1. The summed E-state index contributed by atoms with van der Waals surface area (Å²) in [5.74, 6) is -0.0410. The number of aromatic nitrogens is 4. The molecule has 6 nitrogen and oxygen atoms in total. The molecule has 1 aromatic carbocycles. The highest BCUT2D eigenvalue weighted by molar-refractivity contribution is 5.79. The molecule has 0 atom stereocenters. The first-order valence-electron chi connectivity index (χ1n) is 8.13. The van der Waals surface area contributed by atoms with Crippen molar-refractivity contribution in [3.05, 3.63) is 66.0 Å². The Labute approximate surface area is 149 Å². The summed E-state index contributed by atoms with van der Waals surface area (Å²) in [6, 6.07) is 9.93. The second-order valence-electron chi connectivity index (χ2n) is 6.01. The van der Waals surface area contributed by atoms with Gasteiger partial charge in [0.2, 0.25) is 0 Å². The number of nitrogen functional groups attached to an aromatic ring is 1. The zero-order chi connectivity index (χ0) is 18.3. The molecule has 0 fully saturated rings. The Balaban J connectivity index is 1.97. The number of hydrogen-bond donors (Lipinski definition) is 2. The van der Waals surface area contributed by atoms with Gasteiger partial charge >= 0.3 is 0 Å². The van der Waals surface area contributed by atoms with E-state index in [-0.39, 0.29) is 18.2 Å². The van der Waals surface area contributed by atoms with Crippen LogP contribution in [0, 0.1) is 12.7 Å². The van der Waals surface area contributed by atoms with Gasteiger partial charge in [-0.25, -0.2) is 19.3 Å². The van der Waals surface area contributed by atoms with E-state index in [1.54, 1.807) is 18.3 Å². The zero-order valence-corrected chi connectivity index (χ0v) is 14.1. The van der Waals surface area contributed by atoms with Crippen LogP contribution in [0.5, 0.6) is 0 Å². The molecule has 26 heavy (non-hydrogen) atoms. The van der Waals surface area contributed by atoms with Crippen LogP contribution in [-0.4, -0.2) is 19.4 Å². The molecule has 0 unspecified atom stereocenters. The minimum absolute atomic E-state index is 0.182. The van der Waals surface area contributed by atoms with Crippen LogP contribution in [0.4, 0.5) is 10.2 Å². The number of halogens is 1. The highest BCUT2D eigenvalue weighted by Gasteiger charge is 2.16. The Hall–Kier alpha value is -3.32. The molecule has 0 amide bonds. The van der Waals surface area contributed by atoms with Gasteiger partial charge < -0.3 is 15.9 Å². The maximum absolute atomic E-state index is 13.3. The summed E-state index contributed by atoms with van der Waals surface area (Å²) in [5.41, 5.74) is 16.9. The molecule has 7 heteroatoms. The lowest BCUT2D eigenvalue weighted by molar-refractivity contribution is 0.628.